The molecule has 0 spiro atoms. The van der Waals surface area contributed by atoms with Crippen molar-refractivity contribution in [3.63, 3.8) is 0 Å². The van der Waals surface area contributed by atoms with Gasteiger partial charge in [0.25, 0.3) is 0 Å². The Morgan fingerprint density at radius 1 is 1.06 bits per heavy atom. The van der Waals surface area contributed by atoms with Gasteiger partial charge in [0.2, 0.25) is 5.12 Å². The Morgan fingerprint density at radius 3 is 2.53 bits per heavy atom. The van der Waals surface area contributed by atoms with Crippen molar-refractivity contribution in [3.8, 4) is 0 Å². The number of benzene rings is 1. The maximum atomic E-state index is 12.1. The first-order valence-corrected chi connectivity index (χ1v) is 8.55. The summed E-state index contributed by atoms with van der Waals surface area (Å²) < 4.78 is 3.16. The topological polar surface area (TPSA) is 17.1 Å². The highest BCUT2D eigenvalue weighted by Gasteiger charge is 2.31. The Bertz CT molecular complexity index is 612. The zero-order chi connectivity index (χ0) is 11.8. The Labute approximate surface area is 120 Å². The highest BCUT2D eigenvalue weighted by atomic mass is 32.2. The average molecular weight is 315 g/mol. The SMILES string of the molecule is O=C1Sc2sc(=S)sc2S[C@@H]1c1ccccc1. The van der Waals surface area contributed by atoms with Gasteiger partial charge in [0.15, 0.2) is 0 Å². The van der Waals surface area contributed by atoms with Crippen molar-refractivity contribution < 1.29 is 4.79 Å². The van der Waals surface area contributed by atoms with E-state index in [-0.39, 0.29) is 10.4 Å². The molecule has 17 heavy (non-hydrogen) atoms. The molecule has 86 valence electrons. The van der Waals surface area contributed by atoms with Gasteiger partial charge in [-0.15, -0.1) is 22.7 Å². The van der Waals surface area contributed by atoms with Crippen molar-refractivity contribution in [1.82, 2.24) is 0 Å². The second-order valence-electron chi connectivity index (χ2n) is 3.36. The van der Waals surface area contributed by atoms with E-state index in [1.54, 1.807) is 34.4 Å². The van der Waals surface area contributed by atoms with Gasteiger partial charge in [-0.3, -0.25) is 4.79 Å². The molecule has 0 N–H and O–H groups in total. The molecule has 0 radical (unpaired) electrons. The Morgan fingerprint density at radius 2 is 1.76 bits per heavy atom. The smallest absolute Gasteiger partial charge is 0.212 e. The maximum Gasteiger partial charge on any atom is 0.212 e. The fourth-order valence-electron chi connectivity index (χ4n) is 1.52. The number of fused-ring (bicyclic) bond motifs is 1. The third kappa shape index (κ3) is 2.37. The van der Waals surface area contributed by atoms with Crippen LogP contribution in [-0.4, -0.2) is 5.12 Å². The molecule has 2 aromatic rings. The van der Waals surface area contributed by atoms with Crippen molar-refractivity contribution in [3.05, 3.63) is 39.0 Å². The monoisotopic (exact) mass is 314 g/mol. The van der Waals surface area contributed by atoms with Crippen molar-refractivity contribution >= 4 is 63.5 Å². The van der Waals surface area contributed by atoms with Crippen LogP contribution in [0.2, 0.25) is 0 Å². The lowest BCUT2D eigenvalue weighted by atomic mass is 10.2. The van der Waals surface area contributed by atoms with Crippen LogP contribution in [0.3, 0.4) is 0 Å². The molecule has 6 heteroatoms. The summed E-state index contributed by atoms with van der Waals surface area (Å²) in [5, 5.41) is 0.117. The van der Waals surface area contributed by atoms with Crippen LogP contribution in [0, 0.1) is 3.14 Å². The number of hydrogen-bond acceptors (Lipinski definition) is 6. The van der Waals surface area contributed by atoms with Crippen LogP contribution in [0.25, 0.3) is 0 Å². The fraction of sp³-hybridized carbons (Fsp3) is 0.0909. The maximum absolute atomic E-state index is 12.1. The minimum absolute atomic E-state index is 0.0889. The number of hydrogen-bond donors (Lipinski definition) is 0. The van der Waals surface area contributed by atoms with Gasteiger partial charge < -0.3 is 0 Å². The van der Waals surface area contributed by atoms with Gasteiger partial charge >= 0.3 is 0 Å². The highest BCUT2D eigenvalue weighted by Crippen LogP contribution is 2.53. The molecule has 1 aromatic carbocycles. The standard InChI is InChI=1S/C11H6OS5/c12-8-7(6-4-2-1-3-5-6)14-9-10(15-8)17-11(13)16-9/h1-5,7H/t7-/m1/s1. The molecule has 0 bridgehead atoms. The van der Waals surface area contributed by atoms with E-state index in [2.05, 4.69) is 0 Å². The second kappa shape index (κ2) is 4.85. The quantitative estimate of drug-likeness (QED) is 0.688. The molecule has 2 heterocycles. The summed E-state index contributed by atoms with van der Waals surface area (Å²) in [6, 6.07) is 9.92. The van der Waals surface area contributed by atoms with E-state index in [4.69, 9.17) is 12.2 Å². The van der Waals surface area contributed by atoms with Crippen molar-refractivity contribution in [2.75, 3.05) is 0 Å². The molecule has 1 aliphatic heterocycles. The molecule has 1 aliphatic rings. The minimum atomic E-state index is -0.0889. The first-order valence-electron chi connectivity index (χ1n) is 4.81. The molecule has 0 fully saturated rings. The summed E-state index contributed by atoms with van der Waals surface area (Å²) in [7, 11) is 0. The van der Waals surface area contributed by atoms with E-state index in [0.717, 1.165) is 12.9 Å². The Kier molecular flexibility index (Phi) is 3.40. The predicted molar refractivity (Wildman–Crippen MR) is 78.9 cm³/mol. The minimum Gasteiger partial charge on any atom is -0.285 e. The molecule has 1 atom stereocenters. The van der Waals surface area contributed by atoms with E-state index in [1.165, 1.54) is 16.0 Å². The van der Waals surface area contributed by atoms with E-state index >= 15 is 0 Å². The number of carbonyl (C=O) groups is 1. The average Bonchev–Trinajstić information content (AvgIpc) is 2.68. The molecule has 0 saturated carbocycles. The van der Waals surface area contributed by atoms with E-state index in [1.807, 2.05) is 30.3 Å². The van der Waals surface area contributed by atoms with Crippen molar-refractivity contribution in [2.45, 2.75) is 13.7 Å². The molecular weight excluding hydrogens is 308 g/mol. The fourth-order valence-corrected chi connectivity index (χ4v) is 7.72. The van der Waals surface area contributed by atoms with Crippen LogP contribution < -0.4 is 0 Å². The Hall–Kier alpha value is -0.140. The van der Waals surface area contributed by atoms with Gasteiger partial charge in [-0.1, -0.05) is 54.3 Å². The molecule has 0 aliphatic carbocycles. The lowest BCUT2D eigenvalue weighted by Crippen LogP contribution is -2.07. The number of rotatable bonds is 1. The Balaban J connectivity index is 2.00. The molecule has 0 unspecified atom stereocenters. The van der Waals surface area contributed by atoms with Crippen LogP contribution in [-0.2, 0) is 4.79 Å². The highest BCUT2D eigenvalue weighted by molar-refractivity contribution is 8.19. The zero-order valence-electron chi connectivity index (χ0n) is 8.41. The first-order chi connectivity index (χ1) is 8.24. The van der Waals surface area contributed by atoms with Crippen LogP contribution in [0.4, 0.5) is 0 Å². The zero-order valence-corrected chi connectivity index (χ0v) is 12.5. The summed E-state index contributed by atoms with van der Waals surface area (Å²) in [5.74, 6) is 0. The lowest BCUT2D eigenvalue weighted by molar-refractivity contribution is -0.110. The summed E-state index contributed by atoms with van der Waals surface area (Å²) >= 11 is 11.3. The van der Waals surface area contributed by atoms with Gasteiger partial charge in [0, 0.05) is 0 Å². The van der Waals surface area contributed by atoms with E-state index in [0.29, 0.717) is 0 Å². The third-order valence-electron chi connectivity index (χ3n) is 2.25. The normalized spacial score (nSPS) is 19.1. The largest absolute Gasteiger partial charge is 0.285 e. The number of thioether (sulfide) groups is 2. The lowest BCUT2D eigenvalue weighted by Gasteiger charge is -2.18. The van der Waals surface area contributed by atoms with Crippen LogP contribution in [0.15, 0.2) is 38.8 Å². The second-order valence-corrected chi connectivity index (χ2v) is 9.23. The third-order valence-corrected chi connectivity index (χ3v) is 8.04. The first kappa shape index (κ1) is 11.9. The van der Waals surface area contributed by atoms with Gasteiger partial charge in [0.05, 0.1) is 8.42 Å². The van der Waals surface area contributed by atoms with Gasteiger partial charge in [-0.2, -0.15) is 0 Å². The summed E-state index contributed by atoms with van der Waals surface area (Å²) in [6.45, 7) is 0. The van der Waals surface area contributed by atoms with E-state index < -0.39 is 0 Å². The van der Waals surface area contributed by atoms with E-state index in [9.17, 15) is 4.79 Å². The summed E-state index contributed by atoms with van der Waals surface area (Å²) in [4.78, 5) is 12.1. The predicted octanol–water partition coefficient (Wildman–Crippen LogP) is 5.00. The molecular formula is C11H6OS5. The van der Waals surface area contributed by atoms with Crippen LogP contribution in [0.5, 0.6) is 0 Å². The van der Waals surface area contributed by atoms with Crippen LogP contribution >= 0.6 is 58.4 Å². The van der Waals surface area contributed by atoms with Gasteiger partial charge in [-0.25, -0.2) is 0 Å². The summed E-state index contributed by atoms with van der Waals surface area (Å²) in [5.41, 5.74) is 1.07. The van der Waals surface area contributed by atoms with Crippen molar-refractivity contribution in [1.29, 1.82) is 0 Å². The molecule has 0 amide bonds. The molecule has 1 nitrogen and oxygen atoms in total. The summed E-state index contributed by atoms with van der Waals surface area (Å²) in [6.07, 6.45) is 0. The van der Waals surface area contributed by atoms with Gasteiger partial charge in [-0.05, 0) is 17.3 Å². The van der Waals surface area contributed by atoms with Gasteiger partial charge in [0.1, 0.15) is 8.39 Å². The molecule has 1 aromatic heterocycles. The van der Waals surface area contributed by atoms with Crippen LogP contribution in [0.1, 0.15) is 10.8 Å². The number of carbonyl (C=O) groups excluding carboxylic acids is 1. The molecule has 0 saturated heterocycles. The van der Waals surface area contributed by atoms with Crippen molar-refractivity contribution in [2.24, 2.45) is 0 Å². The molecule has 3 rings (SSSR count).